The van der Waals surface area contributed by atoms with Crippen LogP contribution in [0.3, 0.4) is 0 Å². The van der Waals surface area contributed by atoms with E-state index in [2.05, 4.69) is 25.4 Å². The predicted octanol–water partition coefficient (Wildman–Crippen LogP) is 2.64. The first-order valence-electron chi connectivity index (χ1n) is 8.86. The van der Waals surface area contributed by atoms with Crippen LogP contribution in [-0.4, -0.2) is 43.2 Å². The molecule has 0 aliphatic carbocycles. The minimum Gasteiger partial charge on any atom is -0.462 e. The lowest BCUT2D eigenvalue weighted by atomic mass is 10.2. The number of pyridine rings is 1. The van der Waals surface area contributed by atoms with Crippen LogP contribution in [0.4, 0.5) is 5.82 Å². The number of anilines is 1. The van der Waals surface area contributed by atoms with Gasteiger partial charge in [-0.25, -0.2) is 14.8 Å². The molecule has 0 spiro atoms. The third kappa shape index (κ3) is 3.65. The summed E-state index contributed by atoms with van der Waals surface area (Å²) in [6, 6.07) is 11.2. The minimum absolute atomic E-state index is 0.0986. The van der Waals surface area contributed by atoms with Crippen molar-refractivity contribution < 1.29 is 14.3 Å². The van der Waals surface area contributed by atoms with Crippen molar-refractivity contribution in [1.82, 2.24) is 24.7 Å². The number of carbonyl (C=O) groups is 2. The highest BCUT2D eigenvalue weighted by Gasteiger charge is 2.23. The van der Waals surface area contributed by atoms with Crippen LogP contribution in [-0.2, 0) is 4.74 Å². The Morgan fingerprint density at radius 3 is 2.76 bits per heavy atom. The zero-order valence-corrected chi connectivity index (χ0v) is 15.4. The Morgan fingerprint density at radius 2 is 1.97 bits per heavy atom. The number of hydrogen-bond donors (Lipinski definition) is 1. The van der Waals surface area contributed by atoms with E-state index in [9.17, 15) is 9.59 Å². The largest absolute Gasteiger partial charge is 0.462 e. The van der Waals surface area contributed by atoms with Crippen molar-refractivity contribution in [2.45, 2.75) is 6.92 Å². The van der Waals surface area contributed by atoms with Gasteiger partial charge in [0.15, 0.2) is 11.6 Å². The highest BCUT2D eigenvalue weighted by molar-refractivity contribution is 6.06. The fourth-order valence-electron chi connectivity index (χ4n) is 2.76. The molecule has 0 saturated carbocycles. The summed E-state index contributed by atoms with van der Waals surface area (Å²) >= 11 is 0. The van der Waals surface area contributed by atoms with Gasteiger partial charge >= 0.3 is 5.97 Å². The number of aromatic nitrogens is 5. The number of rotatable bonds is 5. The molecule has 29 heavy (non-hydrogen) atoms. The number of amides is 1. The van der Waals surface area contributed by atoms with E-state index in [4.69, 9.17) is 4.74 Å². The van der Waals surface area contributed by atoms with Gasteiger partial charge in [0.2, 0.25) is 0 Å². The van der Waals surface area contributed by atoms with Crippen LogP contribution in [0.15, 0.2) is 61.2 Å². The molecule has 3 heterocycles. The van der Waals surface area contributed by atoms with E-state index in [1.807, 2.05) is 30.3 Å². The van der Waals surface area contributed by atoms with E-state index in [1.165, 1.54) is 29.5 Å². The van der Waals surface area contributed by atoms with Gasteiger partial charge in [-0.3, -0.25) is 9.78 Å². The molecule has 1 N–H and O–H groups in total. The normalized spacial score (nSPS) is 10.7. The summed E-state index contributed by atoms with van der Waals surface area (Å²) in [5.74, 6) is -0.559. The van der Waals surface area contributed by atoms with E-state index in [0.717, 1.165) is 10.9 Å². The zero-order chi connectivity index (χ0) is 20.2. The first-order chi connectivity index (χ1) is 14.2. The van der Waals surface area contributed by atoms with Crippen molar-refractivity contribution in [3.63, 3.8) is 0 Å². The molecule has 0 radical (unpaired) electrons. The number of benzene rings is 1. The summed E-state index contributed by atoms with van der Waals surface area (Å²) in [5.41, 5.74) is 0.963. The molecule has 0 saturated heterocycles. The molecule has 1 amide bonds. The highest BCUT2D eigenvalue weighted by atomic mass is 16.5. The zero-order valence-electron chi connectivity index (χ0n) is 15.4. The summed E-state index contributed by atoms with van der Waals surface area (Å²) in [4.78, 5) is 37.4. The van der Waals surface area contributed by atoms with E-state index in [-0.39, 0.29) is 23.7 Å². The molecule has 4 rings (SSSR count). The number of nitrogens with one attached hydrogen (secondary N) is 1. The molecular formula is C20H16N6O3. The van der Waals surface area contributed by atoms with Crippen LogP contribution in [0.25, 0.3) is 16.7 Å². The first kappa shape index (κ1) is 18.2. The molecule has 0 aliphatic heterocycles. The Bertz CT molecular complexity index is 1190. The van der Waals surface area contributed by atoms with Crippen molar-refractivity contribution in [1.29, 1.82) is 0 Å². The molecule has 0 unspecified atom stereocenters. The summed E-state index contributed by atoms with van der Waals surface area (Å²) in [5, 5.41) is 7.88. The first-order valence-corrected chi connectivity index (χ1v) is 8.86. The number of para-hydroxylation sites is 1. The average molecular weight is 388 g/mol. The Labute approximate surface area is 165 Å². The number of carbonyl (C=O) groups excluding carboxylic acids is 2. The molecule has 0 bridgehead atoms. The molecular weight excluding hydrogens is 372 g/mol. The van der Waals surface area contributed by atoms with Crippen LogP contribution in [0.5, 0.6) is 0 Å². The SMILES string of the molecule is CCOC(=O)c1cnn(-c2ccc3ccccc3n2)c1NC(=O)c1cnccn1. The highest BCUT2D eigenvalue weighted by Crippen LogP contribution is 2.22. The lowest BCUT2D eigenvalue weighted by Crippen LogP contribution is -2.19. The molecule has 9 heteroatoms. The summed E-state index contributed by atoms with van der Waals surface area (Å²) in [7, 11) is 0. The molecule has 1 aromatic carbocycles. The van der Waals surface area contributed by atoms with Crippen LogP contribution >= 0.6 is 0 Å². The molecule has 3 aromatic heterocycles. The fourth-order valence-corrected chi connectivity index (χ4v) is 2.76. The number of ether oxygens (including phenoxy) is 1. The summed E-state index contributed by atoms with van der Waals surface area (Å²) in [6.07, 6.45) is 5.53. The van der Waals surface area contributed by atoms with Crippen LogP contribution < -0.4 is 5.32 Å². The topological polar surface area (TPSA) is 112 Å². The van der Waals surface area contributed by atoms with E-state index in [0.29, 0.717) is 5.82 Å². The Kier molecular flexibility index (Phi) is 4.93. The lowest BCUT2D eigenvalue weighted by molar-refractivity contribution is 0.0527. The van der Waals surface area contributed by atoms with Gasteiger partial charge in [0.1, 0.15) is 11.3 Å². The van der Waals surface area contributed by atoms with Gasteiger partial charge in [-0.2, -0.15) is 9.78 Å². The van der Waals surface area contributed by atoms with Gasteiger partial charge in [-0.05, 0) is 25.1 Å². The van der Waals surface area contributed by atoms with Gasteiger partial charge in [0.25, 0.3) is 5.91 Å². The minimum atomic E-state index is -0.603. The number of nitrogens with zero attached hydrogens (tertiary/aromatic N) is 5. The maximum Gasteiger partial charge on any atom is 0.343 e. The van der Waals surface area contributed by atoms with Crippen LogP contribution in [0.2, 0.25) is 0 Å². The Hall–Kier alpha value is -4.14. The molecule has 9 nitrogen and oxygen atoms in total. The molecule has 0 atom stereocenters. The summed E-state index contributed by atoms with van der Waals surface area (Å²) in [6.45, 7) is 1.89. The van der Waals surface area contributed by atoms with Crippen LogP contribution in [0, 0.1) is 0 Å². The maximum atomic E-state index is 12.6. The number of fused-ring (bicyclic) bond motifs is 1. The van der Waals surface area contributed by atoms with Crippen molar-refractivity contribution in [3.8, 4) is 5.82 Å². The van der Waals surface area contributed by atoms with Gasteiger partial charge in [0, 0.05) is 17.8 Å². The van der Waals surface area contributed by atoms with Crippen molar-refractivity contribution in [3.05, 3.63) is 72.4 Å². The van der Waals surface area contributed by atoms with Crippen LogP contribution in [0.1, 0.15) is 27.8 Å². The maximum absolute atomic E-state index is 12.6. The second-order valence-electron chi connectivity index (χ2n) is 5.95. The van der Waals surface area contributed by atoms with Gasteiger partial charge in [0.05, 0.1) is 24.5 Å². The monoisotopic (exact) mass is 388 g/mol. The van der Waals surface area contributed by atoms with E-state index in [1.54, 1.807) is 13.0 Å². The number of hydrogen-bond acceptors (Lipinski definition) is 7. The van der Waals surface area contributed by atoms with Gasteiger partial charge < -0.3 is 10.1 Å². The second kappa shape index (κ2) is 7.85. The lowest BCUT2D eigenvalue weighted by Gasteiger charge is -2.10. The van der Waals surface area contributed by atoms with Crippen molar-refractivity contribution in [2.24, 2.45) is 0 Å². The number of esters is 1. The quantitative estimate of drug-likeness (QED) is 0.523. The average Bonchev–Trinajstić information content (AvgIpc) is 3.17. The summed E-state index contributed by atoms with van der Waals surface area (Å²) < 4.78 is 6.47. The standard InChI is InChI=1S/C20H16N6O3/c1-2-29-20(28)14-11-23-26(17-8-7-13-5-3-4-6-15(13)24-17)18(14)25-19(27)16-12-21-9-10-22-16/h3-12H,2H2,1H3,(H,25,27). The van der Waals surface area contributed by atoms with Gasteiger partial charge in [-0.15, -0.1) is 0 Å². The van der Waals surface area contributed by atoms with Crippen molar-refractivity contribution in [2.75, 3.05) is 11.9 Å². The third-order valence-corrected chi connectivity index (χ3v) is 4.09. The molecule has 144 valence electrons. The predicted molar refractivity (Wildman–Crippen MR) is 105 cm³/mol. The van der Waals surface area contributed by atoms with Crippen molar-refractivity contribution >= 4 is 28.6 Å². The Balaban J connectivity index is 1.78. The molecule has 0 aliphatic rings. The molecule has 0 fully saturated rings. The smallest absolute Gasteiger partial charge is 0.343 e. The van der Waals surface area contributed by atoms with Gasteiger partial charge in [-0.1, -0.05) is 18.2 Å². The third-order valence-electron chi connectivity index (χ3n) is 4.09. The second-order valence-corrected chi connectivity index (χ2v) is 5.95. The fraction of sp³-hybridized carbons (Fsp3) is 0.100. The molecule has 4 aromatic rings. The Morgan fingerprint density at radius 1 is 1.10 bits per heavy atom. The van der Waals surface area contributed by atoms with E-state index < -0.39 is 11.9 Å². The van der Waals surface area contributed by atoms with E-state index >= 15 is 0 Å².